The maximum absolute atomic E-state index is 12.9. The van der Waals surface area contributed by atoms with Crippen LogP contribution in [-0.2, 0) is 9.59 Å². The molecule has 2 saturated heterocycles. The van der Waals surface area contributed by atoms with Crippen molar-refractivity contribution >= 4 is 60.9 Å². The third kappa shape index (κ3) is 9.03. The summed E-state index contributed by atoms with van der Waals surface area (Å²) in [6.45, 7) is 0. The highest BCUT2D eigenvalue weighted by atomic mass is 33.1. The lowest BCUT2D eigenvalue weighted by atomic mass is 9.95. The Balaban J connectivity index is 1.10. The molecule has 1 N–H and O–H groups in total. The fourth-order valence-corrected chi connectivity index (χ4v) is 11.2. The number of esters is 2. The van der Waals surface area contributed by atoms with Crippen LogP contribution in [0.3, 0.4) is 0 Å². The van der Waals surface area contributed by atoms with Crippen LogP contribution in [-0.4, -0.2) is 44.8 Å². The quantitative estimate of drug-likeness (QED) is 0.0982. The molecule has 226 valence electrons. The number of unbranched alkanes of at least 4 members (excludes halogenated alkanes) is 2. The summed E-state index contributed by atoms with van der Waals surface area (Å²) in [4.78, 5) is 37.6. The second-order valence-electron chi connectivity index (χ2n) is 10.7. The van der Waals surface area contributed by atoms with Crippen LogP contribution in [0.1, 0.15) is 92.7 Å². The fourth-order valence-electron chi connectivity index (χ4n) is 5.19. The number of rotatable bonds is 13. The summed E-state index contributed by atoms with van der Waals surface area (Å²) in [5.41, 5.74) is 0.829. The smallest absolute Gasteiger partial charge is 0.311 e. The lowest BCUT2D eigenvalue weighted by Crippen LogP contribution is -2.21. The van der Waals surface area contributed by atoms with Gasteiger partial charge in [0.2, 0.25) is 0 Å². The maximum Gasteiger partial charge on any atom is 0.311 e. The van der Waals surface area contributed by atoms with E-state index < -0.39 is 6.10 Å². The van der Waals surface area contributed by atoms with Gasteiger partial charge in [0, 0.05) is 47.0 Å². The first kappa shape index (κ1) is 31.5. The lowest BCUT2D eigenvalue weighted by molar-refractivity contribution is -0.135. The summed E-state index contributed by atoms with van der Waals surface area (Å²) in [7, 11) is 7.74. The molecule has 0 saturated carbocycles. The van der Waals surface area contributed by atoms with E-state index in [-0.39, 0.29) is 47.0 Å². The normalized spacial score (nSPS) is 21.5. The number of aromatic hydroxyl groups is 1. The molecule has 3 aliphatic rings. The molecule has 0 spiro atoms. The zero-order chi connectivity index (χ0) is 29.3. The molecule has 0 aromatic heterocycles. The number of benzene rings is 2. The van der Waals surface area contributed by atoms with E-state index in [4.69, 9.17) is 14.2 Å². The predicted octanol–water partition coefficient (Wildman–Crippen LogP) is 8.34. The van der Waals surface area contributed by atoms with E-state index in [0.29, 0.717) is 29.1 Å². The Morgan fingerprint density at radius 3 is 2.00 bits per heavy atom. The van der Waals surface area contributed by atoms with E-state index in [1.54, 1.807) is 24.3 Å². The summed E-state index contributed by atoms with van der Waals surface area (Å²) in [6.07, 6.45) is 8.43. The van der Waals surface area contributed by atoms with Gasteiger partial charge in [-0.15, -0.1) is 0 Å². The third-order valence-corrected chi connectivity index (χ3v) is 13.5. The molecule has 2 fully saturated rings. The molecular formula is C31H36O7S4. The van der Waals surface area contributed by atoms with Gasteiger partial charge in [0.1, 0.15) is 34.7 Å². The molecule has 42 heavy (non-hydrogen) atoms. The van der Waals surface area contributed by atoms with Gasteiger partial charge >= 0.3 is 11.9 Å². The molecule has 11 heteroatoms. The standard InChI is InChI=1S/C31H36O7S4/c32-25-17-22(37-30(35)8-4-2-6-24-14-16-40-42-24)18-28-31(25)26(33)19-27(38-28)20-9-11-21(12-10-20)36-29(34)7-3-1-5-23-13-15-39-41-23/h9-12,17-18,23-24,27,32H,1-8,13-16,19H2. The van der Waals surface area contributed by atoms with Gasteiger partial charge in [-0.05, 0) is 56.2 Å². The average Bonchev–Trinajstić information content (AvgIpc) is 3.68. The van der Waals surface area contributed by atoms with E-state index >= 15 is 0 Å². The Morgan fingerprint density at radius 1 is 0.833 bits per heavy atom. The lowest BCUT2D eigenvalue weighted by Gasteiger charge is -2.26. The van der Waals surface area contributed by atoms with Gasteiger partial charge in [-0.25, -0.2) is 0 Å². The van der Waals surface area contributed by atoms with Crippen LogP contribution in [0.4, 0.5) is 0 Å². The molecule has 0 aliphatic carbocycles. The Labute approximate surface area is 262 Å². The summed E-state index contributed by atoms with van der Waals surface area (Å²) >= 11 is 0. The minimum atomic E-state index is -0.585. The van der Waals surface area contributed by atoms with Crippen LogP contribution in [0.25, 0.3) is 0 Å². The number of carbonyl (C=O) groups excluding carboxylic acids is 3. The van der Waals surface area contributed by atoms with E-state index in [1.165, 1.54) is 36.5 Å². The summed E-state index contributed by atoms with van der Waals surface area (Å²) in [5, 5.41) is 11.9. The van der Waals surface area contributed by atoms with Gasteiger partial charge in [-0.2, -0.15) is 0 Å². The molecule has 0 amide bonds. The van der Waals surface area contributed by atoms with Crippen molar-refractivity contribution in [3.05, 3.63) is 47.5 Å². The number of ketones is 1. The first-order valence-corrected chi connectivity index (χ1v) is 19.4. The molecule has 2 aromatic rings. The minimum absolute atomic E-state index is 0.0500. The number of phenolic OH excluding ortho intramolecular Hbond substituents is 1. The zero-order valence-electron chi connectivity index (χ0n) is 23.4. The predicted molar refractivity (Wildman–Crippen MR) is 172 cm³/mol. The Morgan fingerprint density at radius 2 is 1.43 bits per heavy atom. The fraction of sp³-hybridized carbons (Fsp3) is 0.516. The van der Waals surface area contributed by atoms with Crippen LogP contribution in [0.15, 0.2) is 36.4 Å². The number of ether oxygens (including phenoxy) is 3. The molecule has 7 nitrogen and oxygen atoms in total. The van der Waals surface area contributed by atoms with Crippen molar-refractivity contribution in [1.82, 2.24) is 0 Å². The number of phenols is 1. The van der Waals surface area contributed by atoms with Crippen LogP contribution >= 0.6 is 43.2 Å². The van der Waals surface area contributed by atoms with Crippen LogP contribution in [0.5, 0.6) is 23.0 Å². The van der Waals surface area contributed by atoms with E-state index in [9.17, 15) is 19.5 Å². The molecule has 3 aliphatic heterocycles. The number of hydrogen-bond acceptors (Lipinski definition) is 11. The maximum atomic E-state index is 12.9. The second-order valence-corrected chi connectivity index (χ2v) is 16.3. The Bertz CT molecular complexity index is 1240. The van der Waals surface area contributed by atoms with Gasteiger partial charge in [-0.1, -0.05) is 68.1 Å². The second kappa shape index (κ2) is 15.7. The third-order valence-electron chi connectivity index (χ3n) is 7.46. The Kier molecular flexibility index (Phi) is 11.7. The minimum Gasteiger partial charge on any atom is -0.507 e. The number of carbonyl (C=O) groups is 3. The van der Waals surface area contributed by atoms with Crippen LogP contribution < -0.4 is 14.2 Å². The van der Waals surface area contributed by atoms with Crippen LogP contribution in [0, 0.1) is 0 Å². The Hall–Kier alpha value is -1.95. The van der Waals surface area contributed by atoms with Gasteiger partial charge in [0.25, 0.3) is 0 Å². The number of hydrogen-bond donors (Lipinski definition) is 1. The van der Waals surface area contributed by atoms with Gasteiger partial charge < -0.3 is 19.3 Å². The van der Waals surface area contributed by atoms with E-state index in [0.717, 1.165) is 44.1 Å². The first-order chi connectivity index (χ1) is 20.4. The molecule has 0 bridgehead atoms. The first-order valence-electron chi connectivity index (χ1n) is 14.6. The summed E-state index contributed by atoms with van der Waals surface area (Å²) in [5.74, 6) is 2.04. The van der Waals surface area contributed by atoms with Gasteiger partial charge in [0.15, 0.2) is 5.78 Å². The number of Topliss-reactive ketones (excluding diaryl/α,β-unsaturated/α-hetero) is 1. The molecule has 0 radical (unpaired) electrons. The number of fused-ring (bicyclic) bond motifs is 1. The van der Waals surface area contributed by atoms with E-state index in [1.807, 2.05) is 43.2 Å². The van der Waals surface area contributed by atoms with Crippen molar-refractivity contribution in [1.29, 1.82) is 0 Å². The SMILES string of the molecule is O=C(CCCCC1CCSS1)Oc1ccc(C2CC(=O)c3c(O)cc(OC(=O)CCCCC4CCSS4)cc3O2)cc1. The van der Waals surface area contributed by atoms with Gasteiger partial charge in [0.05, 0.1) is 6.42 Å². The highest BCUT2D eigenvalue weighted by Gasteiger charge is 2.31. The molecule has 5 rings (SSSR count). The van der Waals surface area contributed by atoms with Gasteiger partial charge in [-0.3, -0.25) is 14.4 Å². The molecule has 3 heterocycles. The van der Waals surface area contributed by atoms with Crippen molar-refractivity contribution in [2.45, 2.75) is 87.2 Å². The van der Waals surface area contributed by atoms with Crippen molar-refractivity contribution in [3.63, 3.8) is 0 Å². The molecule has 3 unspecified atom stereocenters. The average molecular weight is 649 g/mol. The molecule has 2 aromatic carbocycles. The van der Waals surface area contributed by atoms with Crippen molar-refractivity contribution in [2.24, 2.45) is 0 Å². The van der Waals surface area contributed by atoms with E-state index in [2.05, 4.69) is 0 Å². The van der Waals surface area contributed by atoms with Crippen molar-refractivity contribution in [3.8, 4) is 23.0 Å². The topological polar surface area (TPSA) is 99.1 Å². The zero-order valence-corrected chi connectivity index (χ0v) is 26.7. The summed E-state index contributed by atoms with van der Waals surface area (Å²) in [6, 6.07) is 9.72. The van der Waals surface area contributed by atoms with Crippen molar-refractivity contribution in [2.75, 3.05) is 11.5 Å². The highest BCUT2D eigenvalue weighted by molar-refractivity contribution is 8.77. The van der Waals surface area contributed by atoms with Crippen molar-refractivity contribution < 1.29 is 33.7 Å². The molecular weight excluding hydrogens is 613 g/mol. The monoisotopic (exact) mass is 648 g/mol. The van der Waals surface area contributed by atoms with Crippen LogP contribution in [0.2, 0.25) is 0 Å². The summed E-state index contributed by atoms with van der Waals surface area (Å²) < 4.78 is 17.1. The molecule has 3 atom stereocenters. The largest absolute Gasteiger partial charge is 0.507 e. The highest BCUT2D eigenvalue weighted by Crippen LogP contribution is 2.43.